The van der Waals surface area contributed by atoms with Crippen molar-refractivity contribution in [2.75, 3.05) is 26.2 Å². The average Bonchev–Trinajstić information content (AvgIpc) is 1.73. The average molecular weight is 1410 g/mol. The van der Waals surface area contributed by atoms with Gasteiger partial charge in [0.25, 0.3) is 0 Å². The third-order valence-electron chi connectivity index (χ3n) is 15.8. The van der Waals surface area contributed by atoms with E-state index in [1.54, 1.807) is 92.7 Å². The number of amides is 10. The zero-order valence-electron chi connectivity index (χ0n) is 55.5. The number of aliphatic hydroxyl groups is 1. The SMILES string of the molecule is CC(=O)N[C@H](Cc1ccc(Cl)cc1)C(=O)N[C@H](Cc1ccc(Cl)cc1)C(=O)N[C@@H](Cc1ccccc1)C(=O)N[C@@H](CO)C(=O)N[C@@H](Cc1ccc(O)cc1)C(=O)N[C@H](CCCN=C(N)N)C(=O)N[C@@H](CC(C)C)C(=O)N[C@@H](CCCN=C(N)N)C(=O)N1CCC[C@H]1C(=O)N[C@H](C)C(=O)O. The molecule has 4 aromatic rings. The van der Waals surface area contributed by atoms with Gasteiger partial charge in [0.1, 0.15) is 66.2 Å². The van der Waals surface area contributed by atoms with E-state index in [4.69, 9.17) is 46.1 Å². The fraction of sp³-hybridized carbons (Fsp3) is 0.448. The second-order valence-corrected chi connectivity index (χ2v) is 25.2. The number of nitrogens with two attached hydrogens (primary N) is 4. The Bertz CT molecular complexity index is 3470. The first kappa shape index (κ1) is 79.6. The Morgan fingerprint density at radius 1 is 0.505 bits per heavy atom. The summed E-state index contributed by atoms with van der Waals surface area (Å²) in [6.07, 6.45) is -0.0973. The Balaban J connectivity index is 1.43. The zero-order valence-corrected chi connectivity index (χ0v) is 57.0. The van der Waals surface area contributed by atoms with Crippen molar-refractivity contribution >= 4 is 100 Å². The van der Waals surface area contributed by atoms with Crippen molar-refractivity contribution in [3.63, 3.8) is 0 Å². The molecule has 10 amide bonds. The van der Waals surface area contributed by atoms with E-state index in [-0.39, 0.29) is 107 Å². The first-order valence-corrected chi connectivity index (χ1v) is 33.0. The number of likely N-dealkylation sites (tertiary alicyclic amines) is 1. The molecule has 5 rings (SSSR count). The lowest BCUT2D eigenvalue weighted by molar-refractivity contribution is -0.144. The molecule has 99 heavy (non-hydrogen) atoms. The number of nitrogens with one attached hydrogen (secondary N) is 9. The van der Waals surface area contributed by atoms with Crippen LogP contribution in [0.1, 0.15) is 94.9 Å². The molecular formula is C67H90Cl2N16O14. The molecule has 0 unspecified atom stereocenters. The number of aliphatic carboxylic acids is 1. The van der Waals surface area contributed by atoms with Gasteiger partial charge in [-0.2, -0.15) is 0 Å². The summed E-state index contributed by atoms with van der Waals surface area (Å²) in [5, 5.41) is 55.0. The number of guanidine groups is 2. The van der Waals surface area contributed by atoms with Crippen LogP contribution in [-0.4, -0.2) is 184 Å². The molecule has 536 valence electrons. The van der Waals surface area contributed by atoms with Crippen LogP contribution in [0.5, 0.6) is 5.75 Å². The van der Waals surface area contributed by atoms with Crippen molar-refractivity contribution in [1.82, 2.24) is 52.8 Å². The van der Waals surface area contributed by atoms with Crippen LogP contribution in [0.2, 0.25) is 10.0 Å². The van der Waals surface area contributed by atoms with Crippen LogP contribution in [0.25, 0.3) is 0 Å². The number of aromatic hydroxyl groups is 1. The Labute approximate surface area is 583 Å². The quantitative estimate of drug-likeness (QED) is 0.0154. The third kappa shape index (κ3) is 27.4. The summed E-state index contributed by atoms with van der Waals surface area (Å²) >= 11 is 12.3. The van der Waals surface area contributed by atoms with E-state index in [0.29, 0.717) is 38.7 Å². The lowest BCUT2D eigenvalue weighted by Crippen LogP contribution is -2.61. The molecule has 0 aliphatic carbocycles. The van der Waals surface area contributed by atoms with Crippen LogP contribution < -0.4 is 70.8 Å². The van der Waals surface area contributed by atoms with Crippen LogP contribution in [-0.2, 0) is 78.4 Å². The van der Waals surface area contributed by atoms with Crippen molar-refractivity contribution in [3.8, 4) is 5.75 Å². The number of carboxylic acid groups (broad SMARTS) is 1. The Morgan fingerprint density at radius 2 is 0.879 bits per heavy atom. The molecule has 0 spiro atoms. The molecule has 30 nitrogen and oxygen atoms in total. The smallest absolute Gasteiger partial charge is 0.325 e. The van der Waals surface area contributed by atoms with Crippen LogP contribution >= 0.6 is 23.2 Å². The summed E-state index contributed by atoms with van der Waals surface area (Å²) in [5.74, 6) is -10.6. The number of hydrogen-bond acceptors (Lipinski definition) is 15. The van der Waals surface area contributed by atoms with Gasteiger partial charge >= 0.3 is 5.97 Å². The highest BCUT2D eigenvalue weighted by molar-refractivity contribution is 6.30. The molecular weight excluding hydrogens is 1320 g/mol. The van der Waals surface area contributed by atoms with Crippen LogP contribution in [0.15, 0.2) is 113 Å². The minimum absolute atomic E-state index is 0.000775. The maximum Gasteiger partial charge on any atom is 0.325 e. The molecule has 0 aromatic heterocycles. The predicted molar refractivity (Wildman–Crippen MR) is 370 cm³/mol. The number of hydrogen-bond donors (Lipinski definition) is 16. The summed E-state index contributed by atoms with van der Waals surface area (Å²) in [5.41, 5.74) is 24.4. The molecule has 10 atom stereocenters. The second kappa shape index (κ2) is 40.0. The molecule has 1 saturated heterocycles. The molecule has 0 radical (unpaired) electrons. The Kier molecular flexibility index (Phi) is 32.1. The van der Waals surface area contributed by atoms with Gasteiger partial charge in [0.05, 0.1) is 6.61 Å². The summed E-state index contributed by atoms with van der Waals surface area (Å²) in [7, 11) is 0. The van der Waals surface area contributed by atoms with Gasteiger partial charge in [0.15, 0.2) is 11.9 Å². The molecule has 0 saturated carbocycles. The van der Waals surface area contributed by atoms with E-state index in [9.17, 15) is 68.1 Å². The Hall–Kier alpha value is -10.1. The lowest BCUT2D eigenvalue weighted by atomic mass is 10.00. The number of aliphatic imine (C=N–C) groups is 2. The number of rotatable bonds is 38. The summed E-state index contributed by atoms with van der Waals surface area (Å²) in [4.78, 5) is 163. The van der Waals surface area contributed by atoms with E-state index in [2.05, 4.69) is 57.8 Å². The van der Waals surface area contributed by atoms with Crippen molar-refractivity contribution in [2.45, 2.75) is 159 Å². The van der Waals surface area contributed by atoms with Gasteiger partial charge in [-0.1, -0.05) is 104 Å². The van der Waals surface area contributed by atoms with Gasteiger partial charge < -0.3 is 91.0 Å². The van der Waals surface area contributed by atoms with Gasteiger partial charge in [-0.3, -0.25) is 62.7 Å². The summed E-state index contributed by atoms with van der Waals surface area (Å²) in [6, 6.07) is 12.9. The summed E-state index contributed by atoms with van der Waals surface area (Å²) in [6.45, 7) is 5.07. The number of carbonyl (C=O) groups is 11. The van der Waals surface area contributed by atoms with Gasteiger partial charge in [-0.15, -0.1) is 0 Å². The van der Waals surface area contributed by atoms with Gasteiger partial charge in [-0.25, -0.2) is 0 Å². The van der Waals surface area contributed by atoms with Crippen LogP contribution in [0.4, 0.5) is 0 Å². The standard InChI is InChI=1S/C67H90Cl2N16O14/c1-37(2)31-49(57(90)79-48(14-9-29-75-67(72)73)64(97)85-30-10-15-55(85)63(96)76-38(3)65(98)99)80-56(89)47(13-8-28-74-66(70)71)78-59(92)52(35-43-20-26-46(88)27-21-43)83-62(95)54(36-86)84-61(94)51(32-40-11-6-5-7-12-40)82-60(93)53(34-42-18-24-45(69)25-19-42)81-58(91)50(77-39(4)87)33-41-16-22-44(68)23-17-41/h5-7,11-12,16-27,37-38,47-55,86,88H,8-10,13-15,28-36H2,1-4H3,(H,76,96)(H,77,87)(H,78,92)(H,79,90)(H,80,89)(H,81,91)(H,82,93)(H,83,95)(H,84,94)(H,98,99)(H4,70,71,74)(H4,72,73,75)/t38-,47-,48+,49+,50-,51+,52+,53-,54+,55+/m1/s1. The van der Waals surface area contributed by atoms with E-state index in [0.717, 1.165) is 0 Å². The topological polar surface area (TPSA) is 489 Å². The molecule has 1 heterocycles. The monoisotopic (exact) mass is 1410 g/mol. The number of phenolic OH excluding ortho intramolecular Hbond substituents is 1. The highest BCUT2D eigenvalue weighted by atomic mass is 35.5. The first-order valence-electron chi connectivity index (χ1n) is 32.3. The first-order chi connectivity index (χ1) is 47.0. The zero-order chi connectivity index (χ0) is 72.9. The maximum absolute atomic E-state index is 14.8. The number of phenols is 1. The largest absolute Gasteiger partial charge is 0.508 e. The number of benzene rings is 4. The highest BCUT2D eigenvalue weighted by Crippen LogP contribution is 2.22. The fourth-order valence-electron chi connectivity index (χ4n) is 10.7. The number of nitrogens with zero attached hydrogens (tertiary/aromatic N) is 3. The van der Waals surface area contributed by atoms with Crippen LogP contribution in [0, 0.1) is 5.92 Å². The van der Waals surface area contributed by atoms with Gasteiger partial charge in [-0.05, 0) is 116 Å². The van der Waals surface area contributed by atoms with Crippen molar-refractivity contribution in [3.05, 3.63) is 135 Å². The van der Waals surface area contributed by atoms with Crippen molar-refractivity contribution < 1.29 is 68.1 Å². The number of halogens is 2. The normalized spacial score (nSPS) is 15.3. The van der Waals surface area contributed by atoms with Crippen molar-refractivity contribution in [1.29, 1.82) is 0 Å². The Morgan fingerprint density at radius 3 is 1.31 bits per heavy atom. The van der Waals surface area contributed by atoms with Gasteiger partial charge in [0.2, 0.25) is 59.1 Å². The number of aliphatic hydroxyl groups excluding tert-OH is 1. The van der Waals surface area contributed by atoms with Crippen molar-refractivity contribution in [2.24, 2.45) is 38.8 Å². The molecule has 20 N–H and O–H groups in total. The fourth-order valence-corrected chi connectivity index (χ4v) is 11.0. The summed E-state index contributed by atoms with van der Waals surface area (Å²) < 4.78 is 0. The van der Waals surface area contributed by atoms with E-state index >= 15 is 0 Å². The number of carbonyl (C=O) groups excluding carboxylic acids is 10. The molecule has 1 aliphatic rings. The molecule has 4 aromatic carbocycles. The van der Waals surface area contributed by atoms with E-state index in [1.807, 2.05) is 0 Å². The van der Waals surface area contributed by atoms with E-state index < -0.39 is 132 Å². The predicted octanol–water partition coefficient (Wildman–Crippen LogP) is -0.406. The second-order valence-electron chi connectivity index (χ2n) is 24.4. The highest BCUT2D eigenvalue weighted by Gasteiger charge is 2.40. The molecule has 1 aliphatic heterocycles. The lowest BCUT2D eigenvalue weighted by Gasteiger charge is -2.31. The minimum Gasteiger partial charge on any atom is -0.508 e. The minimum atomic E-state index is -1.83. The maximum atomic E-state index is 14.8. The molecule has 0 bridgehead atoms. The van der Waals surface area contributed by atoms with Crippen LogP contribution in [0.3, 0.4) is 0 Å². The number of carboxylic acids is 1. The van der Waals surface area contributed by atoms with Gasteiger partial charge in [0, 0.05) is 62.3 Å². The molecule has 1 fully saturated rings. The molecule has 32 heteroatoms. The third-order valence-corrected chi connectivity index (χ3v) is 16.3. The van der Waals surface area contributed by atoms with E-state index in [1.165, 1.54) is 43.0 Å².